The first kappa shape index (κ1) is 13.9. The molecule has 3 aromatic carbocycles. The zero-order valence-corrected chi connectivity index (χ0v) is 14.4. The molecule has 0 spiro atoms. The molecule has 0 fully saturated rings. The number of hydrogen-bond donors (Lipinski definition) is 0. The van der Waals surface area contributed by atoms with Crippen molar-refractivity contribution < 1.29 is 0 Å². The third-order valence-corrected chi connectivity index (χ3v) is 5.40. The quantitative estimate of drug-likeness (QED) is 0.350. The smallest absolute Gasteiger partial charge is 0.0702 e. The first-order valence-electron chi connectivity index (χ1n) is 8.91. The predicted molar refractivity (Wildman–Crippen MR) is 109 cm³/mol. The number of rotatable bonds is 1. The highest BCUT2D eigenvalue weighted by atomic mass is 14.9. The van der Waals surface area contributed by atoms with Crippen molar-refractivity contribution in [3.8, 4) is 11.3 Å². The van der Waals surface area contributed by atoms with Crippen molar-refractivity contribution in [1.29, 1.82) is 0 Å². The maximum Gasteiger partial charge on any atom is 0.0702 e. The van der Waals surface area contributed by atoms with E-state index in [9.17, 15) is 0 Å². The van der Waals surface area contributed by atoms with Gasteiger partial charge in [-0.3, -0.25) is 4.98 Å². The molecule has 3 heterocycles. The molecule has 122 valence electrons. The van der Waals surface area contributed by atoms with Crippen LogP contribution in [0.1, 0.15) is 5.56 Å². The second kappa shape index (κ2) is 4.83. The van der Waals surface area contributed by atoms with E-state index >= 15 is 0 Å². The molecule has 6 aromatic rings. The predicted octanol–water partition coefficient (Wildman–Crippen LogP) is 6.21. The van der Waals surface area contributed by atoms with Gasteiger partial charge in [0.2, 0.25) is 0 Å². The molecule has 3 aromatic heterocycles. The van der Waals surface area contributed by atoms with Crippen LogP contribution in [0, 0.1) is 6.92 Å². The van der Waals surface area contributed by atoms with E-state index in [2.05, 4.69) is 77.0 Å². The number of pyridine rings is 1. The fourth-order valence-corrected chi connectivity index (χ4v) is 4.34. The van der Waals surface area contributed by atoms with Gasteiger partial charge in [0.15, 0.2) is 0 Å². The molecule has 6 rings (SSSR count). The molecule has 0 radical (unpaired) electrons. The van der Waals surface area contributed by atoms with Crippen molar-refractivity contribution >= 4 is 38.1 Å². The fraction of sp³-hybridized carbons (Fsp3) is 0.0417. The maximum atomic E-state index is 4.52. The van der Waals surface area contributed by atoms with Crippen molar-refractivity contribution in [3.63, 3.8) is 0 Å². The van der Waals surface area contributed by atoms with Gasteiger partial charge in [0.25, 0.3) is 0 Å². The van der Waals surface area contributed by atoms with Crippen LogP contribution >= 0.6 is 0 Å². The van der Waals surface area contributed by atoms with E-state index in [1.165, 1.54) is 43.7 Å². The summed E-state index contributed by atoms with van der Waals surface area (Å²) in [4.78, 5) is 4.52. The number of hydrogen-bond acceptors (Lipinski definition) is 1. The molecule has 26 heavy (non-hydrogen) atoms. The minimum absolute atomic E-state index is 1.01. The molecule has 0 N–H and O–H groups in total. The average molecular weight is 332 g/mol. The highest BCUT2D eigenvalue weighted by molar-refractivity contribution is 6.23. The standard InChI is InChI=1S/C24H16N2/c1-15-12-19-17-6-2-3-8-22(17)26-23-10-9-16(21-7-4-5-11-25-21)14-18(23)20(13-15)24(19)26/h2-14H,1H3. The lowest BCUT2D eigenvalue weighted by Crippen LogP contribution is -1.83. The van der Waals surface area contributed by atoms with E-state index in [0.29, 0.717) is 0 Å². The summed E-state index contributed by atoms with van der Waals surface area (Å²) in [5, 5.41) is 5.28. The summed E-state index contributed by atoms with van der Waals surface area (Å²) in [5.41, 5.74) is 7.33. The Kier molecular flexibility index (Phi) is 2.57. The van der Waals surface area contributed by atoms with Gasteiger partial charge in [-0.2, -0.15) is 0 Å². The Labute approximate surface area is 150 Å². The van der Waals surface area contributed by atoms with Crippen molar-refractivity contribution in [1.82, 2.24) is 9.38 Å². The highest BCUT2D eigenvalue weighted by Crippen LogP contribution is 2.40. The Morgan fingerprint density at radius 1 is 0.692 bits per heavy atom. The topological polar surface area (TPSA) is 17.3 Å². The van der Waals surface area contributed by atoms with Gasteiger partial charge in [-0.15, -0.1) is 0 Å². The Morgan fingerprint density at radius 2 is 1.46 bits per heavy atom. The van der Waals surface area contributed by atoms with Crippen LogP contribution in [-0.4, -0.2) is 9.38 Å². The molecule has 0 aliphatic heterocycles. The largest absolute Gasteiger partial charge is 0.308 e. The zero-order chi connectivity index (χ0) is 17.3. The number of aromatic nitrogens is 2. The number of aryl methyl sites for hydroxylation is 1. The zero-order valence-electron chi connectivity index (χ0n) is 14.4. The van der Waals surface area contributed by atoms with Gasteiger partial charge in [-0.25, -0.2) is 0 Å². The second-order valence-corrected chi connectivity index (χ2v) is 7.01. The van der Waals surface area contributed by atoms with Crippen LogP contribution in [0.5, 0.6) is 0 Å². The third kappa shape index (κ3) is 1.68. The van der Waals surface area contributed by atoms with Crippen LogP contribution in [0.3, 0.4) is 0 Å². The molecule has 0 aliphatic rings. The summed E-state index contributed by atoms with van der Waals surface area (Å²) < 4.78 is 2.41. The minimum atomic E-state index is 1.01. The summed E-state index contributed by atoms with van der Waals surface area (Å²) in [7, 11) is 0. The highest BCUT2D eigenvalue weighted by Gasteiger charge is 2.17. The maximum absolute atomic E-state index is 4.52. The van der Waals surface area contributed by atoms with Gasteiger partial charge < -0.3 is 4.40 Å². The van der Waals surface area contributed by atoms with E-state index in [1.54, 1.807) is 0 Å². The van der Waals surface area contributed by atoms with E-state index in [4.69, 9.17) is 0 Å². The lowest BCUT2D eigenvalue weighted by Gasteiger charge is -2.03. The molecule has 0 amide bonds. The molecule has 0 unspecified atom stereocenters. The molecular weight excluding hydrogens is 316 g/mol. The first-order valence-corrected chi connectivity index (χ1v) is 8.91. The lowest BCUT2D eigenvalue weighted by molar-refractivity contribution is 1.33. The summed E-state index contributed by atoms with van der Waals surface area (Å²) in [5.74, 6) is 0. The van der Waals surface area contributed by atoms with Crippen LogP contribution in [-0.2, 0) is 0 Å². The van der Waals surface area contributed by atoms with E-state index in [1.807, 2.05) is 18.3 Å². The molecular formula is C24H16N2. The fourth-order valence-electron chi connectivity index (χ4n) is 4.34. The Morgan fingerprint density at radius 3 is 2.31 bits per heavy atom. The molecule has 2 nitrogen and oxygen atoms in total. The van der Waals surface area contributed by atoms with Gasteiger partial charge in [0.1, 0.15) is 0 Å². The SMILES string of the molecule is Cc1cc2c3ccccc3n3c4ccc(-c5ccccn5)cc4c(c1)c23. The molecule has 0 bridgehead atoms. The minimum Gasteiger partial charge on any atom is -0.308 e. The average Bonchev–Trinajstić information content (AvgIpc) is 3.19. The van der Waals surface area contributed by atoms with Crippen LogP contribution in [0.2, 0.25) is 0 Å². The van der Waals surface area contributed by atoms with Crippen LogP contribution in [0.25, 0.3) is 49.4 Å². The van der Waals surface area contributed by atoms with Crippen molar-refractivity contribution in [3.05, 3.63) is 84.6 Å². The number of nitrogens with zero attached hydrogens (tertiary/aromatic N) is 2. The number of benzene rings is 3. The lowest BCUT2D eigenvalue weighted by atomic mass is 10.0. The van der Waals surface area contributed by atoms with Crippen LogP contribution in [0.15, 0.2) is 79.0 Å². The van der Waals surface area contributed by atoms with Crippen molar-refractivity contribution in [2.45, 2.75) is 6.92 Å². The second-order valence-electron chi connectivity index (χ2n) is 7.01. The van der Waals surface area contributed by atoms with Crippen molar-refractivity contribution in [2.75, 3.05) is 0 Å². The number of fused-ring (bicyclic) bond motifs is 6. The number of para-hydroxylation sites is 1. The Hall–Kier alpha value is -3.39. The molecule has 2 heteroatoms. The van der Waals surface area contributed by atoms with E-state index < -0.39 is 0 Å². The third-order valence-electron chi connectivity index (χ3n) is 5.40. The Balaban J connectivity index is 1.84. The van der Waals surface area contributed by atoms with Gasteiger partial charge in [0, 0.05) is 33.3 Å². The van der Waals surface area contributed by atoms with Crippen molar-refractivity contribution in [2.24, 2.45) is 0 Å². The van der Waals surface area contributed by atoms with Crippen LogP contribution in [0.4, 0.5) is 0 Å². The molecule has 0 saturated carbocycles. The van der Waals surface area contributed by atoms with Gasteiger partial charge >= 0.3 is 0 Å². The molecule has 0 aliphatic carbocycles. The first-order chi connectivity index (χ1) is 12.8. The van der Waals surface area contributed by atoms with Gasteiger partial charge in [0.05, 0.1) is 22.2 Å². The normalized spacial score (nSPS) is 12.0. The summed E-state index contributed by atoms with van der Waals surface area (Å²) in [6.07, 6.45) is 1.85. The molecule has 0 saturated heterocycles. The summed E-state index contributed by atoms with van der Waals surface area (Å²) in [6, 6.07) is 26.1. The van der Waals surface area contributed by atoms with E-state index in [0.717, 1.165) is 11.3 Å². The molecule has 0 atom stereocenters. The summed E-state index contributed by atoms with van der Waals surface area (Å²) in [6.45, 7) is 2.18. The summed E-state index contributed by atoms with van der Waals surface area (Å²) >= 11 is 0. The van der Waals surface area contributed by atoms with E-state index in [-0.39, 0.29) is 0 Å². The Bertz CT molecular complexity index is 1430. The van der Waals surface area contributed by atoms with Gasteiger partial charge in [-0.1, -0.05) is 30.3 Å². The van der Waals surface area contributed by atoms with Gasteiger partial charge in [-0.05, 0) is 55.0 Å². The monoisotopic (exact) mass is 332 g/mol. The van der Waals surface area contributed by atoms with Crippen LogP contribution < -0.4 is 0 Å².